The monoisotopic (exact) mass is 315 g/mol. The summed E-state index contributed by atoms with van der Waals surface area (Å²) in [5, 5.41) is 5.19. The van der Waals surface area contributed by atoms with Crippen molar-refractivity contribution in [2.75, 3.05) is 25.9 Å². The number of aromatic nitrogens is 1. The summed E-state index contributed by atoms with van der Waals surface area (Å²) in [4.78, 5) is 24.8. The first kappa shape index (κ1) is 15.5. The summed E-state index contributed by atoms with van der Waals surface area (Å²) in [7, 11) is -2.08. The van der Waals surface area contributed by atoms with Gasteiger partial charge >= 0.3 is 0 Å². The predicted octanol–water partition coefficient (Wildman–Crippen LogP) is -0.560. The first-order valence-corrected chi connectivity index (χ1v) is 8.27. The number of carbonyl (C=O) groups excluding carboxylic acids is 2. The number of piperidine rings is 1. The second-order valence-corrected chi connectivity index (χ2v) is 7.13. The van der Waals surface area contributed by atoms with Crippen LogP contribution in [0.3, 0.4) is 0 Å². The maximum absolute atomic E-state index is 12.1. The van der Waals surface area contributed by atoms with Crippen LogP contribution in [0.1, 0.15) is 23.4 Å². The van der Waals surface area contributed by atoms with Gasteiger partial charge in [0.15, 0.2) is 9.84 Å². The molecule has 1 aromatic heterocycles. The van der Waals surface area contributed by atoms with Gasteiger partial charge < -0.3 is 14.7 Å². The molecular weight excluding hydrogens is 298 g/mol. The van der Waals surface area contributed by atoms with Crippen LogP contribution in [0.2, 0.25) is 0 Å². The maximum atomic E-state index is 12.1. The highest BCUT2D eigenvalue weighted by Crippen LogP contribution is 2.20. The van der Waals surface area contributed by atoms with Crippen molar-refractivity contribution in [3.05, 3.63) is 18.0 Å². The number of hydrogen-bond donors (Lipinski definition) is 1. The minimum atomic E-state index is -3.48. The van der Waals surface area contributed by atoms with E-state index in [1.165, 1.54) is 24.2 Å². The Balaban J connectivity index is 1.94. The van der Waals surface area contributed by atoms with Crippen LogP contribution < -0.4 is 5.32 Å². The molecule has 2 amide bonds. The van der Waals surface area contributed by atoms with E-state index < -0.39 is 26.7 Å². The minimum Gasteiger partial charge on any atom is -0.358 e. The molecule has 0 saturated carbocycles. The number of amides is 2. The fraction of sp³-hybridized carbons (Fsp3) is 0.583. The Morgan fingerprint density at radius 1 is 1.43 bits per heavy atom. The van der Waals surface area contributed by atoms with Gasteiger partial charge in [0.25, 0.3) is 5.91 Å². The lowest BCUT2D eigenvalue weighted by Gasteiger charge is -2.30. The molecule has 1 fully saturated rings. The lowest BCUT2D eigenvalue weighted by atomic mass is 10.1. The molecule has 2 rings (SSSR count). The van der Waals surface area contributed by atoms with E-state index in [-0.39, 0.29) is 11.7 Å². The molecule has 0 atom stereocenters. The number of sulfone groups is 1. The Morgan fingerprint density at radius 3 is 2.62 bits per heavy atom. The van der Waals surface area contributed by atoms with Crippen molar-refractivity contribution in [1.29, 1.82) is 0 Å². The molecule has 8 nitrogen and oxygen atoms in total. The standard InChI is InChI=1S/C12H17N3O5S/c1-13-11(16)8-21(18,19)9-3-6-15(7-4-9)12(17)10-2-5-14-20-10/h2,5,9H,3-4,6-8H2,1H3,(H,13,16). The molecule has 0 aromatic carbocycles. The molecule has 9 heteroatoms. The third-order valence-electron chi connectivity index (χ3n) is 3.50. The van der Waals surface area contributed by atoms with Crippen LogP contribution in [-0.4, -0.2) is 61.4 Å². The van der Waals surface area contributed by atoms with Crippen molar-refractivity contribution in [3.63, 3.8) is 0 Å². The van der Waals surface area contributed by atoms with Crippen molar-refractivity contribution >= 4 is 21.7 Å². The largest absolute Gasteiger partial charge is 0.358 e. The average Bonchev–Trinajstić information content (AvgIpc) is 3.00. The zero-order chi connectivity index (χ0) is 15.5. The molecule has 116 valence electrons. The second-order valence-electron chi connectivity index (χ2n) is 4.85. The van der Waals surface area contributed by atoms with Gasteiger partial charge in [0.1, 0.15) is 5.75 Å². The van der Waals surface area contributed by atoms with Crippen LogP contribution >= 0.6 is 0 Å². The number of nitrogens with zero attached hydrogens (tertiary/aromatic N) is 2. The quantitative estimate of drug-likeness (QED) is 0.797. The lowest BCUT2D eigenvalue weighted by Crippen LogP contribution is -2.44. The normalized spacial score (nSPS) is 16.7. The molecule has 0 bridgehead atoms. The average molecular weight is 315 g/mol. The highest BCUT2D eigenvalue weighted by atomic mass is 32.2. The van der Waals surface area contributed by atoms with Crippen molar-refractivity contribution < 1.29 is 22.5 Å². The van der Waals surface area contributed by atoms with E-state index >= 15 is 0 Å². The van der Waals surface area contributed by atoms with Crippen LogP contribution in [-0.2, 0) is 14.6 Å². The van der Waals surface area contributed by atoms with E-state index in [4.69, 9.17) is 4.52 Å². The maximum Gasteiger partial charge on any atom is 0.292 e. The molecule has 2 heterocycles. The SMILES string of the molecule is CNC(=O)CS(=O)(=O)C1CCN(C(=O)c2ccno2)CC1. The topological polar surface area (TPSA) is 110 Å². The summed E-state index contributed by atoms with van der Waals surface area (Å²) in [6.45, 7) is 0.633. The number of carbonyl (C=O) groups is 2. The Kier molecular flexibility index (Phi) is 4.61. The van der Waals surface area contributed by atoms with Gasteiger partial charge in [-0.25, -0.2) is 8.42 Å². The molecule has 1 N–H and O–H groups in total. The summed E-state index contributed by atoms with van der Waals surface area (Å²) in [5.74, 6) is -1.18. The second kappa shape index (κ2) is 6.25. The van der Waals surface area contributed by atoms with E-state index in [1.807, 2.05) is 0 Å². The summed E-state index contributed by atoms with van der Waals surface area (Å²) in [6.07, 6.45) is 2.02. The minimum absolute atomic E-state index is 0.140. The van der Waals surface area contributed by atoms with Crippen molar-refractivity contribution in [3.8, 4) is 0 Å². The van der Waals surface area contributed by atoms with E-state index in [2.05, 4.69) is 10.5 Å². The first-order chi connectivity index (χ1) is 9.94. The number of likely N-dealkylation sites (tertiary alicyclic amines) is 1. The third kappa shape index (κ3) is 3.60. The van der Waals surface area contributed by atoms with Gasteiger partial charge in [-0.05, 0) is 12.8 Å². The molecule has 1 aromatic rings. The van der Waals surface area contributed by atoms with Gasteiger partial charge in [-0.3, -0.25) is 9.59 Å². The van der Waals surface area contributed by atoms with Gasteiger partial charge in [0.05, 0.1) is 11.4 Å². The number of nitrogens with one attached hydrogen (secondary N) is 1. The Hall–Kier alpha value is -1.90. The first-order valence-electron chi connectivity index (χ1n) is 6.56. The Morgan fingerprint density at radius 2 is 2.10 bits per heavy atom. The third-order valence-corrected chi connectivity index (χ3v) is 5.65. The van der Waals surface area contributed by atoms with Gasteiger partial charge in [0.2, 0.25) is 11.7 Å². The molecule has 21 heavy (non-hydrogen) atoms. The van der Waals surface area contributed by atoms with E-state index in [0.717, 1.165) is 0 Å². The van der Waals surface area contributed by atoms with Gasteiger partial charge in [-0.1, -0.05) is 5.16 Å². The van der Waals surface area contributed by atoms with Gasteiger partial charge in [-0.2, -0.15) is 0 Å². The zero-order valence-corrected chi connectivity index (χ0v) is 12.4. The van der Waals surface area contributed by atoms with Gasteiger partial charge in [0, 0.05) is 26.2 Å². The molecule has 1 saturated heterocycles. The van der Waals surface area contributed by atoms with E-state index in [1.54, 1.807) is 0 Å². The summed E-state index contributed by atoms with van der Waals surface area (Å²) < 4.78 is 28.9. The van der Waals surface area contributed by atoms with Crippen LogP contribution in [0.4, 0.5) is 0 Å². The summed E-state index contributed by atoms with van der Waals surface area (Å²) in [6, 6.07) is 1.47. The smallest absolute Gasteiger partial charge is 0.292 e. The molecule has 0 unspecified atom stereocenters. The fourth-order valence-electron chi connectivity index (χ4n) is 2.27. The molecule has 1 aliphatic heterocycles. The summed E-state index contributed by atoms with van der Waals surface area (Å²) in [5.41, 5.74) is 0. The van der Waals surface area contributed by atoms with Crippen molar-refractivity contribution in [2.45, 2.75) is 18.1 Å². The Bertz CT molecular complexity index is 603. The van der Waals surface area contributed by atoms with Crippen molar-refractivity contribution in [2.24, 2.45) is 0 Å². The zero-order valence-electron chi connectivity index (χ0n) is 11.6. The molecule has 0 aliphatic carbocycles. The molecular formula is C12H17N3O5S. The molecule has 0 radical (unpaired) electrons. The predicted molar refractivity (Wildman–Crippen MR) is 73.3 cm³/mol. The Labute approximate surface area is 122 Å². The van der Waals surface area contributed by atoms with Crippen LogP contribution in [0.15, 0.2) is 16.8 Å². The van der Waals surface area contributed by atoms with Crippen LogP contribution in [0, 0.1) is 0 Å². The highest BCUT2D eigenvalue weighted by Gasteiger charge is 2.33. The van der Waals surface area contributed by atoms with Gasteiger partial charge in [-0.15, -0.1) is 0 Å². The highest BCUT2D eigenvalue weighted by molar-refractivity contribution is 7.92. The lowest BCUT2D eigenvalue weighted by molar-refractivity contribution is -0.118. The van der Waals surface area contributed by atoms with Crippen LogP contribution in [0.25, 0.3) is 0 Å². The molecule has 1 aliphatic rings. The van der Waals surface area contributed by atoms with E-state index in [9.17, 15) is 18.0 Å². The van der Waals surface area contributed by atoms with Crippen LogP contribution in [0.5, 0.6) is 0 Å². The molecule has 0 spiro atoms. The summed E-state index contributed by atoms with van der Waals surface area (Å²) >= 11 is 0. The van der Waals surface area contributed by atoms with Crippen molar-refractivity contribution in [1.82, 2.24) is 15.4 Å². The fourth-order valence-corrected chi connectivity index (χ4v) is 3.95. The number of rotatable bonds is 4. The van der Waals surface area contributed by atoms with E-state index in [0.29, 0.717) is 25.9 Å². The number of hydrogen-bond acceptors (Lipinski definition) is 6.